The molecule has 0 saturated heterocycles. The van der Waals surface area contributed by atoms with Crippen molar-refractivity contribution in [3.63, 3.8) is 0 Å². The van der Waals surface area contributed by atoms with Crippen molar-refractivity contribution < 1.29 is 0 Å². The summed E-state index contributed by atoms with van der Waals surface area (Å²) in [6, 6.07) is 79.5. The first-order valence-electron chi connectivity index (χ1n) is 19.4. The van der Waals surface area contributed by atoms with E-state index in [9.17, 15) is 0 Å². The smallest absolute Gasteiger partial charge is 0.0547 e. The average Bonchev–Trinajstić information content (AvgIpc) is 3.82. The number of para-hydroxylation sites is 2. The Balaban J connectivity index is 1.10. The molecule has 0 aliphatic carbocycles. The second-order valence-electron chi connectivity index (χ2n) is 14.5. The predicted molar refractivity (Wildman–Crippen MR) is 245 cm³/mol. The Bertz CT molecular complexity index is 3250. The molecule has 268 valence electrons. The quantitative estimate of drug-likeness (QED) is 0.158. The molecule has 3 heteroatoms. The summed E-state index contributed by atoms with van der Waals surface area (Å²) < 4.78 is 5.06. The van der Waals surface area contributed by atoms with Gasteiger partial charge in [-0.15, -0.1) is 11.3 Å². The predicted octanol–water partition coefficient (Wildman–Crippen LogP) is 15.6. The minimum Gasteiger partial charge on any atom is -0.310 e. The third-order valence-electron chi connectivity index (χ3n) is 11.2. The van der Waals surface area contributed by atoms with E-state index in [4.69, 9.17) is 0 Å². The number of rotatable bonds is 7. The Morgan fingerprint density at radius 3 is 1.67 bits per heavy atom. The van der Waals surface area contributed by atoms with Crippen LogP contribution >= 0.6 is 11.3 Å². The van der Waals surface area contributed by atoms with Crippen LogP contribution in [0.15, 0.2) is 218 Å². The van der Waals surface area contributed by atoms with Crippen LogP contribution in [0.3, 0.4) is 0 Å². The lowest BCUT2D eigenvalue weighted by Crippen LogP contribution is -2.10. The Morgan fingerprint density at radius 2 is 0.877 bits per heavy atom. The zero-order chi connectivity index (χ0) is 37.7. The summed E-state index contributed by atoms with van der Waals surface area (Å²) in [6.07, 6.45) is 0. The fraction of sp³-hybridized carbons (Fsp3) is 0. The lowest BCUT2D eigenvalue weighted by Gasteiger charge is -2.27. The Labute approximate surface area is 335 Å². The molecule has 0 bridgehead atoms. The number of nitrogens with zero attached hydrogens (tertiary/aromatic N) is 2. The summed E-state index contributed by atoms with van der Waals surface area (Å²) in [5, 5.41) is 5.06. The van der Waals surface area contributed by atoms with Gasteiger partial charge in [0.2, 0.25) is 0 Å². The van der Waals surface area contributed by atoms with E-state index in [0.717, 1.165) is 28.3 Å². The first kappa shape index (κ1) is 33.2. The van der Waals surface area contributed by atoms with Crippen molar-refractivity contribution in [3.05, 3.63) is 218 Å². The van der Waals surface area contributed by atoms with Crippen LogP contribution < -0.4 is 4.90 Å². The van der Waals surface area contributed by atoms with Crippen molar-refractivity contribution in [2.24, 2.45) is 0 Å². The van der Waals surface area contributed by atoms with Crippen LogP contribution in [-0.4, -0.2) is 4.57 Å². The molecule has 2 heterocycles. The van der Waals surface area contributed by atoms with E-state index in [1.807, 2.05) is 11.3 Å². The third-order valence-corrected chi connectivity index (χ3v) is 12.3. The molecule has 0 amide bonds. The van der Waals surface area contributed by atoms with Gasteiger partial charge in [0, 0.05) is 53.6 Å². The van der Waals surface area contributed by atoms with Gasteiger partial charge >= 0.3 is 0 Å². The molecule has 0 atom stereocenters. The van der Waals surface area contributed by atoms with Gasteiger partial charge in [-0.3, -0.25) is 0 Å². The average molecular weight is 745 g/mol. The lowest BCUT2D eigenvalue weighted by atomic mass is 10.0. The minimum atomic E-state index is 1.10. The Hall–Kier alpha value is -7.20. The van der Waals surface area contributed by atoms with Crippen molar-refractivity contribution >= 4 is 70.4 Å². The van der Waals surface area contributed by atoms with Gasteiger partial charge < -0.3 is 9.47 Å². The van der Waals surface area contributed by atoms with Gasteiger partial charge in [0.05, 0.1) is 16.7 Å². The van der Waals surface area contributed by atoms with Crippen LogP contribution in [0.1, 0.15) is 0 Å². The first-order valence-corrected chi connectivity index (χ1v) is 20.2. The van der Waals surface area contributed by atoms with Gasteiger partial charge in [0.15, 0.2) is 0 Å². The summed E-state index contributed by atoms with van der Waals surface area (Å²) in [6.45, 7) is 0. The monoisotopic (exact) mass is 744 g/mol. The fourth-order valence-corrected chi connectivity index (χ4v) is 9.61. The highest BCUT2D eigenvalue weighted by Crippen LogP contribution is 2.43. The van der Waals surface area contributed by atoms with Gasteiger partial charge in [-0.1, -0.05) is 152 Å². The number of hydrogen-bond acceptors (Lipinski definition) is 2. The van der Waals surface area contributed by atoms with E-state index in [-0.39, 0.29) is 0 Å². The second-order valence-corrected chi connectivity index (χ2v) is 15.6. The molecule has 11 rings (SSSR count). The third kappa shape index (κ3) is 5.80. The molecule has 2 aromatic heterocycles. The number of aromatic nitrogens is 1. The van der Waals surface area contributed by atoms with Crippen molar-refractivity contribution in [3.8, 4) is 39.1 Å². The molecule has 57 heavy (non-hydrogen) atoms. The highest BCUT2D eigenvalue weighted by Gasteiger charge is 2.19. The highest BCUT2D eigenvalue weighted by atomic mass is 32.1. The number of thiophene rings is 1. The molecule has 0 unspecified atom stereocenters. The molecular weight excluding hydrogens is 709 g/mol. The fourth-order valence-electron chi connectivity index (χ4n) is 8.52. The van der Waals surface area contributed by atoms with Crippen LogP contribution in [-0.2, 0) is 0 Å². The van der Waals surface area contributed by atoms with Crippen LogP contribution in [0.25, 0.3) is 81.0 Å². The standard InChI is InChI=1S/C54H36N2S/c1-3-15-37(16-4-1)39-19-13-21-42(33-39)55(44-30-32-54-49(36-44)48-25-9-12-28-53(48)57-54)43-22-14-20-41(34-43)45-23-7-10-26-50(45)56-51-27-11-8-24-46(51)47-31-29-40(35-52(47)56)38-17-5-2-6-18-38/h1-36H. The van der Waals surface area contributed by atoms with Gasteiger partial charge in [-0.2, -0.15) is 0 Å². The molecular formula is C54H36N2S. The van der Waals surface area contributed by atoms with Gasteiger partial charge in [-0.05, 0) is 94.5 Å². The number of anilines is 3. The molecule has 0 N–H and O–H groups in total. The van der Waals surface area contributed by atoms with E-state index in [2.05, 4.69) is 228 Å². The van der Waals surface area contributed by atoms with E-state index >= 15 is 0 Å². The first-order chi connectivity index (χ1) is 28.3. The molecule has 0 saturated carbocycles. The SMILES string of the molecule is c1ccc(-c2cccc(N(c3cccc(-c4ccccc4-n4c5ccccc5c5ccc(-c6ccccc6)cc54)c3)c3ccc4sc5ccccc5c4c3)c2)cc1. The largest absolute Gasteiger partial charge is 0.310 e. The molecule has 0 aliphatic heterocycles. The number of fused-ring (bicyclic) bond motifs is 6. The van der Waals surface area contributed by atoms with E-state index < -0.39 is 0 Å². The van der Waals surface area contributed by atoms with Crippen LogP contribution in [0.2, 0.25) is 0 Å². The maximum atomic E-state index is 2.45. The van der Waals surface area contributed by atoms with E-state index in [0.29, 0.717) is 0 Å². The van der Waals surface area contributed by atoms with Crippen molar-refractivity contribution in [2.75, 3.05) is 4.90 Å². The zero-order valence-electron chi connectivity index (χ0n) is 31.1. The van der Waals surface area contributed by atoms with E-state index in [1.54, 1.807) is 0 Å². The summed E-state index contributed by atoms with van der Waals surface area (Å²) >= 11 is 1.85. The minimum absolute atomic E-state index is 1.10. The van der Waals surface area contributed by atoms with E-state index in [1.165, 1.54) is 69.8 Å². The maximum Gasteiger partial charge on any atom is 0.0547 e. The molecule has 0 fully saturated rings. The summed E-state index contributed by atoms with van der Waals surface area (Å²) in [7, 11) is 0. The van der Waals surface area contributed by atoms with Crippen molar-refractivity contribution in [2.45, 2.75) is 0 Å². The van der Waals surface area contributed by atoms with Crippen LogP contribution in [0, 0.1) is 0 Å². The molecule has 0 spiro atoms. The van der Waals surface area contributed by atoms with Crippen LogP contribution in [0.4, 0.5) is 17.1 Å². The highest BCUT2D eigenvalue weighted by molar-refractivity contribution is 7.25. The summed E-state index contributed by atoms with van der Waals surface area (Å²) in [5.41, 5.74) is 14.0. The van der Waals surface area contributed by atoms with Gasteiger partial charge in [-0.25, -0.2) is 0 Å². The number of benzene rings is 9. The molecule has 0 radical (unpaired) electrons. The summed E-state index contributed by atoms with van der Waals surface area (Å²) in [5.74, 6) is 0. The normalized spacial score (nSPS) is 11.5. The van der Waals surface area contributed by atoms with Crippen LogP contribution in [0.5, 0.6) is 0 Å². The molecule has 9 aromatic carbocycles. The Kier molecular flexibility index (Phi) is 8.04. The van der Waals surface area contributed by atoms with Gasteiger partial charge in [0.25, 0.3) is 0 Å². The zero-order valence-corrected chi connectivity index (χ0v) is 31.9. The van der Waals surface area contributed by atoms with Gasteiger partial charge in [0.1, 0.15) is 0 Å². The maximum absolute atomic E-state index is 2.45. The van der Waals surface area contributed by atoms with Crippen molar-refractivity contribution in [1.82, 2.24) is 4.57 Å². The second kappa shape index (κ2) is 13.8. The summed E-state index contributed by atoms with van der Waals surface area (Å²) in [4.78, 5) is 2.41. The molecule has 11 aromatic rings. The Morgan fingerprint density at radius 1 is 0.316 bits per heavy atom. The topological polar surface area (TPSA) is 8.17 Å². The molecule has 0 aliphatic rings. The van der Waals surface area contributed by atoms with Crippen molar-refractivity contribution in [1.29, 1.82) is 0 Å². The molecule has 2 nitrogen and oxygen atoms in total. The number of hydrogen-bond donors (Lipinski definition) is 0. The lowest BCUT2D eigenvalue weighted by molar-refractivity contribution is 1.18.